The lowest BCUT2D eigenvalue weighted by molar-refractivity contribution is -0.140. The van der Waals surface area contributed by atoms with Gasteiger partial charge < -0.3 is 30.7 Å². The molecule has 4 N–H and O–H groups in total. The predicted molar refractivity (Wildman–Crippen MR) is 103 cm³/mol. The highest BCUT2D eigenvalue weighted by atomic mass is 16.5. The molecule has 11 heteroatoms. The number of nitrogens with two attached hydrogens (primary N) is 1. The second kappa shape index (κ2) is 10.1. The molecule has 1 heterocycles. The van der Waals surface area contributed by atoms with Gasteiger partial charge in [-0.05, 0) is 30.7 Å². The molecule has 2 rings (SSSR count). The SMILES string of the molecule is COC(=O)CCNC(=O)N[C@H]1CCN(c2ccc(C(N)=NC(=O)OC)cc2)C1=O. The number of urea groups is 1. The van der Waals surface area contributed by atoms with Crippen molar-refractivity contribution in [2.75, 3.05) is 32.2 Å². The maximum atomic E-state index is 12.6. The average Bonchev–Trinajstić information content (AvgIpc) is 3.07. The smallest absolute Gasteiger partial charge is 0.435 e. The first-order valence-corrected chi connectivity index (χ1v) is 8.80. The highest BCUT2D eigenvalue weighted by molar-refractivity contribution is 6.04. The number of amidine groups is 1. The number of nitrogens with zero attached hydrogens (tertiary/aromatic N) is 2. The standard InChI is InChI=1S/C18H23N5O6/c1-28-14(24)7-9-20-17(26)21-13-8-10-23(16(13)25)12-5-3-11(4-6-12)15(19)22-18(27)29-2/h3-6,13H,7-10H2,1-2H3,(H2,19,22,27)(H2,20,21,26)/t13-/m0/s1. The number of aliphatic imine (C=N–C) groups is 1. The van der Waals surface area contributed by atoms with Crippen molar-refractivity contribution in [1.82, 2.24) is 10.6 Å². The molecule has 11 nitrogen and oxygen atoms in total. The number of ether oxygens (including phenoxy) is 2. The van der Waals surface area contributed by atoms with E-state index in [1.807, 2.05) is 0 Å². The number of carbonyl (C=O) groups is 4. The van der Waals surface area contributed by atoms with Crippen molar-refractivity contribution in [3.63, 3.8) is 0 Å². The molecule has 1 saturated heterocycles. The Balaban J connectivity index is 1.92. The summed E-state index contributed by atoms with van der Waals surface area (Å²) in [4.78, 5) is 51.7. The fourth-order valence-electron chi connectivity index (χ4n) is 2.68. The Hall–Kier alpha value is -3.63. The van der Waals surface area contributed by atoms with Crippen LogP contribution in [0.2, 0.25) is 0 Å². The van der Waals surface area contributed by atoms with Crippen LogP contribution in [0.4, 0.5) is 15.3 Å². The topological polar surface area (TPSA) is 152 Å². The van der Waals surface area contributed by atoms with Crippen LogP contribution in [0.15, 0.2) is 29.3 Å². The van der Waals surface area contributed by atoms with Gasteiger partial charge >= 0.3 is 18.1 Å². The first-order chi connectivity index (χ1) is 13.8. The molecule has 1 atom stereocenters. The largest absolute Gasteiger partial charge is 0.469 e. The highest BCUT2D eigenvalue weighted by Crippen LogP contribution is 2.22. The molecule has 0 aromatic heterocycles. The number of hydrogen-bond donors (Lipinski definition) is 3. The van der Waals surface area contributed by atoms with E-state index in [1.165, 1.54) is 19.1 Å². The number of methoxy groups -OCH3 is 2. The molecule has 29 heavy (non-hydrogen) atoms. The van der Waals surface area contributed by atoms with E-state index in [1.54, 1.807) is 24.3 Å². The number of esters is 1. The monoisotopic (exact) mass is 405 g/mol. The number of rotatable bonds is 6. The summed E-state index contributed by atoms with van der Waals surface area (Å²) in [6.07, 6.45) is -0.319. The summed E-state index contributed by atoms with van der Waals surface area (Å²) < 4.78 is 8.91. The maximum absolute atomic E-state index is 12.6. The fraction of sp³-hybridized carbons (Fsp3) is 0.389. The van der Waals surface area contributed by atoms with Crippen LogP contribution in [-0.2, 0) is 19.1 Å². The van der Waals surface area contributed by atoms with E-state index in [4.69, 9.17) is 5.73 Å². The number of nitrogens with one attached hydrogen (secondary N) is 2. The minimum Gasteiger partial charge on any atom is -0.469 e. The molecule has 4 amide bonds. The van der Waals surface area contributed by atoms with Gasteiger partial charge in [0.1, 0.15) is 11.9 Å². The van der Waals surface area contributed by atoms with E-state index >= 15 is 0 Å². The minimum absolute atomic E-state index is 0.000632. The molecule has 1 aliphatic rings. The van der Waals surface area contributed by atoms with Gasteiger partial charge in [0.2, 0.25) is 5.91 Å². The van der Waals surface area contributed by atoms with Crippen molar-refractivity contribution in [3.8, 4) is 0 Å². The fourth-order valence-corrected chi connectivity index (χ4v) is 2.68. The molecule has 156 valence electrons. The van der Waals surface area contributed by atoms with Gasteiger partial charge in [-0.1, -0.05) is 0 Å². The van der Waals surface area contributed by atoms with Gasteiger partial charge in [0.15, 0.2) is 0 Å². The van der Waals surface area contributed by atoms with Crippen LogP contribution in [0.5, 0.6) is 0 Å². The van der Waals surface area contributed by atoms with E-state index in [-0.39, 0.29) is 24.7 Å². The third-order valence-corrected chi connectivity index (χ3v) is 4.21. The Morgan fingerprint density at radius 3 is 2.52 bits per heavy atom. The lowest BCUT2D eigenvalue weighted by Gasteiger charge is -2.18. The Kier molecular flexibility index (Phi) is 7.52. The Morgan fingerprint density at radius 1 is 1.21 bits per heavy atom. The first kappa shape index (κ1) is 21.7. The van der Waals surface area contributed by atoms with Crippen molar-refractivity contribution < 1.29 is 28.7 Å². The lowest BCUT2D eigenvalue weighted by Crippen LogP contribution is -2.46. The summed E-state index contributed by atoms with van der Waals surface area (Å²) in [5.74, 6) is -0.689. The van der Waals surface area contributed by atoms with E-state index in [0.29, 0.717) is 24.2 Å². The van der Waals surface area contributed by atoms with Crippen molar-refractivity contribution in [2.45, 2.75) is 18.9 Å². The zero-order valence-corrected chi connectivity index (χ0v) is 16.1. The predicted octanol–water partition coefficient (Wildman–Crippen LogP) is 0.126. The molecule has 0 bridgehead atoms. The van der Waals surface area contributed by atoms with Crippen LogP contribution in [0, 0.1) is 0 Å². The number of amides is 4. The molecule has 1 aromatic carbocycles. The summed E-state index contributed by atoms with van der Waals surface area (Å²) in [5.41, 5.74) is 6.86. The van der Waals surface area contributed by atoms with Gasteiger partial charge in [-0.3, -0.25) is 9.59 Å². The Morgan fingerprint density at radius 2 is 1.90 bits per heavy atom. The van der Waals surface area contributed by atoms with E-state index in [2.05, 4.69) is 25.1 Å². The molecular weight excluding hydrogens is 382 g/mol. The van der Waals surface area contributed by atoms with Gasteiger partial charge in [0, 0.05) is 24.3 Å². The molecule has 0 unspecified atom stereocenters. The third-order valence-electron chi connectivity index (χ3n) is 4.21. The number of carbonyl (C=O) groups excluding carboxylic acids is 4. The molecule has 1 aromatic rings. The Labute approximate surface area is 167 Å². The normalized spacial score (nSPS) is 16.3. The van der Waals surface area contributed by atoms with Crippen molar-refractivity contribution in [3.05, 3.63) is 29.8 Å². The maximum Gasteiger partial charge on any atom is 0.435 e. The summed E-state index contributed by atoms with van der Waals surface area (Å²) in [6.45, 7) is 0.538. The van der Waals surface area contributed by atoms with Crippen molar-refractivity contribution in [1.29, 1.82) is 0 Å². The summed E-state index contributed by atoms with van der Waals surface area (Å²) in [7, 11) is 2.46. The van der Waals surface area contributed by atoms with Gasteiger partial charge in [-0.2, -0.15) is 4.99 Å². The lowest BCUT2D eigenvalue weighted by atomic mass is 10.2. The van der Waals surface area contributed by atoms with Crippen molar-refractivity contribution >= 4 is 35.5 Å². The highest BCUT2D eigenvalue weighted by Gasteiger charge is 2.33. The second-order valence-corrected chi connectivity index (χ2v) is 6.07. The third kappa shape index (κ3) is 5.92. The second-order valence-electron chi connectivity index (χ2n) is 6.07. The van der Waals surface area contributed by atoms with E-state index in [0.717, 1.165) is 0 Å². The number of benzene rings is 1. The molecule has 1 aliphatic heterocycles. The Bertz CT molecular complexity index is 807. The van der Waals surface area contributed by atoms with Crippen LogP contribution in [0.3, 0.4) is 0 Å². The molecule has 1 fully saturated rings. The van der Waals surface area contributed by atoms with Crippen LogP contribution < -0.4 is 21.3 Å². The number of hydrogen-bond acceptors (Lipinski definition) is 6. The quantitative estimate of drug-likeness (QED) is 0.345. The summed E-state index contributed by atoms with van der Waals surface area (Å²) in [5, 5.41) is 5.10. The zero-order valence-electron chi connectivity index (χ0n) is 16.1. The molecule has 0 saturated carbocycles. The van der Waals surface area contributed by atoms with Crippen LogP contribution in [-0.4, -0.2) is 63.2 Å². The molecule has 0 spiro atoms. The molecule has 0 aliphatic carbocycles. The molecular formula is C18H23N5O6. The average molecular weight is 405 g/mol. The van der Waals surface area contributed by atoms with Crippen molar-refractivity contribution in [2.24, 2.45) is 10.7 Å². The number of anilines is 1. The van der Waals surface area contributed by atoms with Crippen LogP contribution in [0.1, 0.15) is 18.4 Å². The van der Waals surface area contributed by atoms with Gasteiger partial charge in [0.25, 0.3) is 0 Å². The van der Waals surface area contributed by atoms with Gasteiger partial charge in [0.05, 0.1) is 20.6 Å². The summed E-state index contributed by atoms with van der Waals surface area (Å²) in [6, 6.07) is 5.40. The summed E-state index contributed by atoms with van der Waals surface area (Å²) >= 11 is 0. The van der Waals surface area contributed by atoms with Crippen LogP contribution in [0.25, 0.3) is 0 Å². The minimum atomic E-state index is -0.805. The van der Waals surface area contributed by atoms with E-state index < -0.39 is 24.1 Å². The van der Waals surface area contributed by atoms with Crippen LogP contribution >= 0.6 is 0 Å². The van der Waals surface area contributed by atoms with Gasteiger partial charge in [-0.15, -0.1) is 0 Å². The molecule has 0 radical (unpaired) electrons. The first-order valence-electron chi connectivity index (χ1n) is 8.80. The zero-order chi connectivity index (χ0) is 21.4. The van der Waals surface area contributed by atoms with Gasteiger partial charge in [-0.25, -0.2) is 9.59 Å². The van der Waals surface area contributed by atoms with E-state index in [9.17, 15) is 19.2 Å².